The largest absolute Gasteiger partial charge is 0.463 e. The number of rotatable bonds is 5. The van der Waals surface area contributed by atoms with E-state index in [2.05, 4.69) is 9.97 Å². The van der Waals surface area contributed by atoms with Crippen molar-refractivity contribution in [2.24, 2.45) is 11.7 Å². The second kappa shape index (κ2) is 5.07. The van der Waals surface area contributed by atoms with Gasteiger partial charge in [0.1, 0.15) is 0 Å². The number of ether oxygens (including phenoxy) is 1. The minimum atomic E-state index is 0.432. The Labute approximate surface area is 89.9 Å². The fourth-order valence-electron chi connectivity index (χ4n) is 1.66. The Kier molecular flexibility index (Phi) is 3.50. The lowest BCUT2D eigenvalue weighted by molar-refractivity contribution is 0.211. The molecule has 2 N–H and O–H groups in total. The third-order valence-electron chi connectivity index (χ3n) is 2.88. The molecule has 0 unspecified atom stereocenters. The molecule has 4 nitrogen and oxygen atoms in total. The van der Waals surface area contributed by atoms with Gasteiger partial charge in [-0.1, -0.05) is 19.3 Å². The Morgan fingerprint density at radius 2 is 2.33 bits per heavy atom. The molecule has 0 aromatic carbocycles. The van der Waals surface area contributed by atoms with Crippen molar-refractivity contribution in [1.82, 2.24) is 9.97 Å². The number of hydrogen-bond acceptors (Lipinski definition) is 4. The highest BCUT2D eigenvalue weighted by molar-refractivity contribution is 5.04. The summed E-state index contributed by atoms with van der Waals surface area (Å²) in [5.74, 6) is 0.864. The molecule has 4 heteroatoms. The van der Waals surface area contributed by atoms with E-state index in [0.29, 0.717) is 12.6 Å². The summed E-state index contributed by atoms with van der Waals surface area (Å²) in [6, 6.07) is 2.26. The second-order valence-electron chi connectivity index (χ2n) is 3.97. The van der Waals surface area contributed by atoms with Gasteiger partial charge in [0.25, 0.3) is 0 Å². The van der Waals surface area contributed by atoms with Gasteiger partial charge in [0.15, 0.2) is 0 Å². The van der Waals surface area contributed by atoms with E-state index in [1.165, 1.54) is 19.3 Å². The molecular formula is C11H17N3O. The Morgan fingerprint density at radius 3 is 3.00 bits per heavy atom. The van der Waals surface area contributed by atoms with E-state index in [1.807, 2.05) is 0 Å². The zero-order valence-electron chi connectivity index (χ0n) is 8.85. The molecule has 1 saturated carbocycles. The molecule has 2 rings (SSSR count). The van der Waals surface area contributed by atoms with Crippen LogP contribution in [-0.2, 0) is 6.54 Å². The number of nitrogens with two attached hydrogens (primary N) is 1. The lowest BCUT2D eigenvalue weighted by Gasteiger charge is -2.24. The maximum Gasteiger partial charge on any atom is 0.316 e. The lowest BCUT2D eigenvalue weighted by atomic mass is 9.83. The summed E-state index contributed by atoms with van der Waals surface area (Å²) in [7, 11) is 0. The minimum Gasteiger partial charge on any atom is -0.463 e. The Hall–Kier alpha value is -1.16. The quantitative estimate of drug-likeness (QED) is 0.795. The lowest BCUT2D eigenvalue weighted by Crippen LogP contribution is -2.15. The van der Waals surface area contributed by atoms with Crippen molar-refractivity contribution in [3.05, 3.63) is 18.0 Å². The second-order valence-corrected chi connectivity index (χ2v) is 3.97. The topological polar surface area (TPSA) is 61.0 Å². The zero-order chi connectivity index (χ0) is 10.5. The summed E-state index contributed by atoms with van der Waals surface area (Å²) >= 11 is 0. The summed E-state index contributed by atoms with van der Waals surface area (Å²) in [5, 5.41) is 0. The SMILES string of the molecule is NCc1ccnc(OCCC2CCC2)n1. The molecule has 1 aromatic rings. The smallest absolute Gasteiger partial charge is 0.316 e. The average Bonchev–Trinajstić information content (AvgIpc) is 2.22. The zero-order valence-corrected chi connectivity index (χ0v) is 8.85. The maximum absolute atomic E-state index is 5.48. The van der Waals surface area contributed by atoms with Crippen LogP contribution < -0.4 is 10.5 Å². The van der Waals surface area contributed by atoms with Crippen molar-refractivity contribution < 1.29 is 4.74 Å². The molecule has 0 amide bonds. The van der Waals surface area contributed by atoms with Crippen molar-refractivity contribution in [2.75, 3.05) is 6.61 Å². The van der Waals surface area contributed by atoms with Crippen LogP contribution in [0.5, 0.6) is 6.01 Å². The summed E-state index contributed by atoms with van der Waals surface area (Å²) in [6.07, 6.45) is 6.90. The van der Waals surface area contributed by atoms with Gasteiger partial charge in [0.05, 0.1) is 12.3 Å². The molecule has 1 aromatic heterocycles. The summed E-state index contributed by atoms with van der Waals surface area (Å²) < 4.78 is 5.48. The third-order valence-corrected chi connectivity index (χ3v) is 2.88. The van der Waals surface area contributed by atoms with Gasteiger partial charge in [0.2, 0.25) is 0 Å². The highest BCUT2D eigenvalue weighted by Gasteiger charge is 2.16. The first-order valence-electron chi connectivity index (χ1n) is 5.53. The molecule has 1 aliphatic carbocycles. The fraction of sp³-hybridized carbons (Fsp3) is 0.636. The van der Waals surface area contributed by atoms with Crippen LogP contribution in [0.3, 0.4) is 0 Å². The highest BCUT2D eigenvalue weighted by Crippen LogP contribution is 2.29. The van der Waals surface area contributed by atoms with Crippen LogP contribution in [-0.4, -0.2) is 16.6 Å². The van der Waals surface area contributed by atoms with Crippen LogP contribution in [0, 0.1) is 5.92 Å². The van der Waals surface area contributed by atoms with Crippen molar-refractivity contribution in [3.63, 3.8) is 0 Å². The van der Waals surface area contributed by atoms with Crippen LogP contribution in [0.2, 0.25) is 0 Å². The van der Waals surface area contributed by atoms with Crippen LogP contribution in [0.15, 0.2) is 12.3 Å². The van der Waals surface area contributed by atoms with E-state index in [0.717, 1.165) is 24.6 Å². The number of hydrogen-bond donors (Lipinski definition) is 1. The van der Waals surface area contributed by atoms with Crippen LogP contribution >= 0.6 is 0 Å². The molecular weight excluding hydrogens is 190 g/mol. The van der Waals surface area contributed by atoms with Gasteiger partial charge < -0.3 is 10.5 Å². The molecule has 1 aliphatic rings. The van der Waals surface area contributed by atoms with E-state index < -0.39 is 0 Å². The van der Waals surface area contributed by atoms with Gasteiger partial charge >= 0.3 is 6.01 Å². The molecule has 0 spiro atoms. The van der Waals surface area contributed by atoms with Crippen molar-refractivity contribution in [2.45, 2.75) is 32.2 Å². The van der Waals surface area contributed by atoms with E-state index in [-0.39, 0.29) is 0 Å². The summed E-state index contributed by atoms with van der Waals surface area (Å²) in [5.41, 5.74) is 6.30. The summed E-state index contributed by atoms with van der Waals surface area (Å²) in [4.78, 5) is 8.21. The van der Waals surface area contributed by atoms with Gasteiger partial charge in [0, 0.05) is 12.7 Å². The first kappa shape index (κ1) is 10.4. The first-order valence-corrected chi connectivity index (χ1v) is 5.53. The standard InChI is InChI=1S/C11H17N3O/c12-8-10-4-6-13-11(14-10)15-7-5-9-2-1-3-9/h4,6,9H,1-3,5,7-8,12H2. The molecule has 0 saturated heterocycles. The highest BCUT2D eigenvalue weighted by atomic mass is 16.5. The maximum atomic E-state index is 5.48. The summed E-state index contributed by atoms with van der Waals surface area (Å²) in [6.45, 7) is 1.15. The molecule has 82 valence electrons. The minimum absolute atomic E-state index is 0.432. The van der Waals surface area contributed by atoms with Gasteiger partial charge in [-0.2, -0.15) is 4.98 Å². The first-order chi connectivity index (χ1) is 7.38. The number of nitrogens with zero attached hydrogens (tertiary/aromatic N) is 2. The molecule has 0 aliphatic heterocycles. The predicted molar refractivity (Wildman–Crippen MR) is 57.4 cm³/mol. The van der Waals surface area contributed by atoms with Gasteiger partial charge in [-0.3, -0.25) is 0 Å². The molecule has 1 fully saturated rings. The van der Waals surface area contributed by atoms with E-state index in [1.54, 1.807) is 12.3 Å². The third kappa shape index (κ3) is 2.89. The Morgan fingerprint density at radius 1 is 1.47 bits per heavy atom. The molecule has 0 atom stereocenters. The predicted octanol–water partition coefficient (Wildman–Crippen LogP) is 1.50. The van der Waals surface area contributed by atoms with E-state index in [4.69, 9.17) is 10.5 Å². The van der Waals surface area contributed by atoms with Crippen molar-refractivity contribution in [1.29, 1.82) is 0 Å². The van der Waals surface area contributed by atoms with Crippen molar-refractivity contribution >= 4 is 0 Å². The van der Waals surface area contributed by atoms with E-state index >= 15 is 0 Å². The van der Waals surface area contributed by atoms with Gasteiger partial charge in [-0.15, -0.1) is 0 Å². The Balaban J connectivity index is 1.76. The van der Waals surface area contributed by atoms with Crippen LogP contribution in [0.25, 0.3) is 0 Å². The molecule has 15 heavy (non-hydrogen) atoms. The fourth-order valence-corrected chi connectivity index (χ4v) is 1.66. The number of aromatic nitrogens is 2. The monoisotopic (exact) mass is 207 g/mol. The Bertz CT molecular complexity index is 312. The van der Waals surface area contributed by atoms with Crippen LogP contribution in [0.1, 0.15) is 31.4 Å². The molecule has 0 bridgehead atoms. The van der Waals surface area contributed by atoms with E-state index in [9.17, 15) is 0 Å². The van der Waals surface area contributed by atoms with Crippen LogP contribution in [0.4, 0.5) is 0 Å². The van der Waals surface area contributed by atoms with Gasteiger partial charge in [-0.05, 0) is 18.4 Å². The normalized spacial score (nSPS) is 16.1. The molecule has 0 radical (unpaired) electrons. The molecule has 1 heterocycles. The van der Waals surface area contributed by atoms with Gasteiger partial charge in [-0.25, -0.2) is 4.98 Å². The average molecular weight is 207 g/mol. The van der Waals surface area contributed by atoms with Crippen molar-refractivity contribution in [3.8, 4) is 6.01 Å².